The Labute approximate surface area is 201 Å². The number of hydrogen-bond donors (Lipinski definition) is 0. The summed E-state index contributed by atoms with van der Waals surface area (Å²) in [5.74, 6) is 0. The monoisotopic (exact) mass is 460 g/mol. The molecule has 0 aromatic heterocycles. The van der Waals surface area contributed by atoms with Gasteiger partial charge in [-0.05, 0) is 23.6 Å². The summed E-state index contributed by atoms with van der Waals surface area (Å²) in [4.78, 5) is 11.5. The summed E-state index contributed by atoms with van der Waals surface area (Å²) in [7, 11) is 0. The number of carbonyl (C=O) groups is 1. The fourth-order valence-corrected chi connectivity index (χ4v) is 4.36. The lowest BCUT2D eigenvalue weighted by Crippen LogP contribution is -2.50. The summed E-state index contributed by atoms with van der Waals surface area (Å²) < 4.78 is 25.3. The standard InChI is InChI=1S/C29H32O5/c1-29(33-21-25-15-9-4-10-16-25)27(17-18-30)34-26(22-31-19-23-11-5-2-6-12-23)28(29)32-20-24-13-7-3-8-14-24/h2-16,18,26-28H,17,19-22H2,1H3/t26-,27?,28-,29-/m1/s1. The molecular weight excluding hydrogens is 428 g/mol. The molecule has 3 aromatic carbocycles. The quantitative estimate of drug-likeness (QED) is 0.351. The minimum Gasteiger partial charge on any atom is -0.374 e. The maximum absolute atomic E-state index is 11.5. The maximum atomic E-state index is 11.5. The van der Waals surface area contributed by atoms with Crippen molar-refractivity contribution in [3.63, 3.8) is 0 Å². The molecule has 5 heteroatoms. The van der Waals surface area contributed by atoms with Crippen LogP contribution in [0.25, 0.3) is 0 Å². The van der Waals surface area contributed by atoms with Crippen molar-refractivity contribution in [3.8, 4) is 0 Å². The first-order valence-corrected chi connectivity index (χ1v) is 11.7. The molecule has 4 atom stereocenters. The topological polar surface area (TPSA) is 54.0 Å². The molecule has 0 N–H and O–H groups in total. The average Bonchev–Trinajstić information content (AvgIpc) is 3.14. The van der Waals surface area contributed by atoms with Crippen molar-refractivity contribution in [2.24, 2.45) is 0 Å². The summed E-state index contributed by atoms with van der Waals surface area (Å²) in [5, 5.41) is 0. The molecule has 4 rings (SSSR count). The highest BCUT2D eigenvalue weighted by Crippen LogP contribution is 2.39. The van der Waals surface area contributed by atoms with Gasteiger partial charge in [0.15, 0.2) is 0 Å². The fourth-order valence-electron chi connectivity index (χ4n) is 4.36. The van der Waals surface area contributed by atoms with Crippen molar-refractivity contribution >= 4 is 6.29 Å². The van der Waals surface area contributed by atoms with E-state index in [1.165, 1.54) is 0 Å². The summed E-state index contributed by atoms with van der Waals surface area (Å²) in [6.07, 6.45) is -0.0860. The molecular formula is C29H32O5. The van der Waals surface area contributed by atoms with Crippen LogP contribution in [-0.2, 0) is 43.6 Å². The highest BCUT2D eigenvalue weighted by Gasteiger charge is 2.55. The van der Waals surface area contributed by atoms with Crippen LogP contribution in [0.15, 0.2) is 91.0 Å². The van der Waals surface area contributed by atoms with E-state index in [9.17, 15) is 4.79 Å². The van der Waals surface area contributed by atoms with Crippen LogP contribution < -0.4 is 0 Å². The molecule has 0 saturated carbocycles. The van der Waals surface area contributed by atoms with E-state index in [2.05, 4.69) is 0 Å². The van der Waals surface area contributed by atoms with Crippen molar-refractivity contribution in [3.05, 3.63) is 108 Å². The normalized spacial score (nSPS) is 24.2. The number of hydrogen-bond acceptors (Lipinski definition) is 5. The smallest absolute Gasteiger partial charge is 0.122 e. The van der Waals surface area contributed by atoms with Crippen LogP contribution in [0.2, 0.25) is 0 Å². The van der Waals surface area contributed by atoms with Gasteiger partial charge in [0.05, 0.1) is 32.5 Å². The lowest BCUT2D eigenvalue weighted by Gasteiger charge is -2.35. The molecule has 178 valence electrons. The zero-order chi connectivity index (χ0) is 23.6. The molecule has 0 spiro atoms. The highest BCUT2D eigenvalue weighted by atomic mass is 16.6. The second-order valence-electron chi connectivity index (χ2n) is 8.74. The molecule has 34 heavy (non-hydrogen) atoms. The zero-order valence-corrected chi connectivity index (χ0v) is 19.5. The third-order valence-corrected chi connectivity index (χ3v) is 6.25. The Bertz CT molecular complexity index is 995. The van der Waals surface area contributed by atoms with Gasteiger partial charge >= 0.3 is 0 Å². The van der Waals surface area contributed by atoms with Gasteiger partial charge in [-0.25, -0.2) is 0 Å². The van der Waals surface area contributed by atoms with Gasteiger partial charge < -0.3 is 23.7 Å². The molecule has 1 aliphatic heterocycles. The molecule has 1 aliphatic rings. The Morgan fingerprint density at radius 3 is 1.88 bits per heavy atom. The number of ether oxygens (including phenoxy) is 4. The molecule has 0 aliphatic carbocycles. The van der Waals surface area contributed by atoms with Crippen LogP contribution >= 0.6 is 0 Å². The SMILES string of the molecule is C[C@@]1(OCc2ccccc2)C(CC=O)O[C@H](COCc2ccccc2)[C@H]1OCc1ccccc1. The van der Waals surface area contributed by atoms with Crippen LogP contribution in [0.1, 0.15) is 30.0 Å². The van der Waals surface area contributed by atoms with Gasteiger partial charge in [-0.1, -0.05) is 91.0 Å². The molecule has 1 heterocycles. The van der Waals surface area contributed by atoms with E-state index in [0.717, 1.165) is 23.0 Å². The van der Waals surface area contributed by atoms with Crippen molar-refractivity contribution in [2.75, 3.05) is 6.61 Å². The zero-order valence-electron chi connectivity index (χ0n) is 19.5. The van der Waals surface area contributed by atoms with Gasteiger partial charge in [-0.3, -0.25) is 0 Å². The number of carbonyl (C=O) groups excluding carboxylic acids is 1. The van der Waals surface area contributed by atoms with Gasteiger partial charge in [0.1, 0.15) is 24.1 Å². The molecule has 3 aromatic rings. The minimum atomic E-state index is -0.813. The Hall–Kier alpha value is -2.83. The van der Waals surface area contributed by atoms with E-state index in [1.807, 2.05) is 97.9 Å². The fraction of sp³-hybridized carbons (Fsp3) is 0.345. The van der Waals surface area contributed by atoms with Gasteiger partial charge in [0.25, 0.3) is 0 Å². The van der Waals surface area contributed by atoms with Gasteiger partial charge in [0, 0.05) is 6.42 Å². The van der Waals surface area contributed by atoms with Gasteiger partial charge in [-0.15, -0.1) is 0 Å². The van der Waals surface area contributed by atoms with E-state index >= 15 is 0 Å². The first kappa shape index (κ1) is 24.3. The number of benzene rings is 3. The first-order valence-electron chi connectivity index (χ1n) is 11.7. The summed E-state index contributed by atoms with van der Waals surface area (Å²) in [6, 6.07) is 30.0. The highest BCUT2D eigenvalue weighted by molar-refractivity contribution is 5.51. The molecule has 0 amide bonds. The van der Waals surface area contributed by atoms with Crippen molar-refractivity contribution in [2.45, 2.75) is 57.1 Å². The summed E-state index contributed by atoms with van der Waals surface area (Å²) >= 11 is 0. The van der Waals surface area contributed by atoms with E-state index in [0.29, 0.717) is 26.4 Å². The maximum Gasteiger partial charge on any atom is 0.122 e. The average molecular weight is 461 g/mol. The first-order chi connectivity index (χ1) is 16.7. The van der Waals surface area contributed by atoms with Crippen molar-refractivity contribution < 1.29 is 23.7 Å². The predicted molar refractivity (Wildman–Crippen MR) is 130 cm³/mol. The summed E-state index contributed by atoms with van der Waals surface area (Å²) in [6.45, 7) is 3.62. The van der Waals surface area contributed by atoms with Gasteiger partial charge in [-0.2, -0.15) is 0 Å². The Balaban J connectivity index is 1.50. The van der Waals surface area contributed by atoms with Crippen LogP contribution in [0.5, 0.6) is 0 Å². The third-order valence-electron chi connectivity index (χ3n) is 6.25. The number of aldehydes is 1. The minimum absolute atomic E-state index is 0.228. The summed E-state index contributed by atoms with van der Waals surface area (Å²) in [5.41, 5.74) is 2.40. The molecule has 5 nitrogen and oxygen atoms in total. The van der Waals surface area contributed by atoms with Crippen LogP contribution in [0, 0.1) is 0 Å². The lowest BCUT2D eigenvalue weighted by atomic mass is 9.90. The van der Waals surface area contributed by atoms with E-state index in [-0.39, 0.29) is 12.5 Å². The molecule has 1 fully saturated rings. The lowest BCUT2D eigenvalue weighted by molar-refractivity contribution is -0.148. The second-order valence-corrected chi connectivity index (χ2v) is 8.74. The van der Waals surface area contributed by atoms with Gasteiger partial charge in [0.2, 0.25) is 0 Å². The molecule has 0 radical (unpaired) electrons. The second kappa shape index (κ2) is 12.0. The van der Waals surface area contributed by atoms with Crippen molar-refractivity contribution in [1.82, 2.24) is 0 Å². The Morgan fingerprint density at radius 2 is 1.32 bits per heavy atom. The number of rotatable bonds is 12. The van der Waals surface area contributed by atoms with Crippen molar-refractivity contribution in [1.29, 1.82) is 0 Å². The van der Waals surface area contributed by atoms with Crippen LogP contribution in [0.3, 0.4) is 0 Å². The van der Waals surface area contributed by atoms with Crippen LogP contribution in [0.4, 0.5) is 0 Å². The predicted octanol–water partition coefficient (Wildman–Crippen LogP) is 5.12. The molecule has 0 bridgehead atoms. The largest absolute Gasteiger partial charge is 0.374 e. The molecule has 1 saturated heterocycles. The Kier molecular flexibility index (Phi) is 8.61. The van der Waals surface area contributed by atoms with E-state index in [4.69, 9.17) is 18.9 Å². The molecule has 1 unspecified atom stereocenters. The van der Waals surface area contributed by atoms with E-state index < -0.39 is 17.8 Å². The van der Waals surface area contributed by atoms with E-state index in [1.54, 1.807) is 0 Å². The van der Waals surface area contributed by atoms with Crippen LogP contribution in [-0.4, -0.2) is 36.8 Å². The Morgan fingerprint density at radius 1 is 0.794 bits per heavy atom. The third kappa shape index (κ3) is 6.19.